The molecule has 0 spiro atoms. The zero-order valence-electron chi connectivity index (χ0n) is 14.5. The minimum absolute atomic E-state index is 0.568. The molecule has 0 bridgehead atoms. The van der Waals surface area contributed by atoms with Gasteiger partial charge < -0.3 is 20.3 Å². The van der Waals surface area contributed by atoms with Crippen molar-refractivity contribution < 1.29 is 24.5 Å². The fraction of sp³-hybridized carbons (Fsp3) is 0.529. The van der Waals surface area contributed by atoms with Gasteiger partial charge in [-0.1, -0.05) is 13.0 Å². The number of benzene rings is 1. The van der Waals surface area contributed by atoms with Crippen molar-refractivity contribution in [2.75, 3.05) is 13.2 Å². The first-order valence-corrected chi connectivity index (χ1v) is 7.59. The van der Waals surface area contributed by atoms with E-state index in [1.807, 2.05) is 0 Å². The van der Waals surface area contributed by atoms with Gasteiger partial charge in [-0.25, -0.2) is 9.59 Å². The van der Waals surface area contributed by atoms with Crippen LogP contribution in [0.4, 0.5) is 0 Å². The molecular formula is C17H27NO5. The van der Waals surface area contributed by atoms with Crippen LogP contribution in [0.3, 0.4) is 0 Å². The van der Waals surface area contributed by atoms with Crippen LogP contribution in [0.25, 0.3) is 0 Å². The van der Waals surface area contributed by atoms with Gasteiger partial charge in [0.15, 0.2) is 0 Å². The molecule has 0 aliphatic carbocycles. The Balaban J connectivity index is 0.000000688. The summed E-state index contributed by atoms with van der Waals surface area (Å²) in [5.74, 6) is -2.63. The van der Waals surface area contributed by atoms with Gasteiger partial charge in [-0.2, -0.15) is 0 Å². The summed E-state index contributed by atoms with van der Waals surface area (Å²) in [6.45, 7) is 12.4. The lowest BCUT2D eigenvalue weighted by molar-refractivity contribution is -0.159. The van der Waals surface area contributed by atoms with E-state index >= 15 is 0 Å². The Kier molecular flexibility index (Phi) is 9.65. The molecule has 0 radical (unpaired) electrons. The van der Waals surface area contributed by atoms with Crippen LogP contribution >= 0.6 is 0 Å². The minimum Gasteiger partial charge on any atom is -0.492 e. The van der Waals surface area contributed by atoms with Gasteiger partial charge in [-0.05, 0) is 56.9 Å². The molecular weight excluding hydrogens is 298 g/mol. The molecule has 130 valence electrons. The molecule has 0 fully saturated rings. The molecule has 6 nitrogen and oxygen atoms in total. The Bertz CT molecular complexity index is 516. The second kappa shape index (κ2) is 10.6. The zero-order valence-corrected chi connectivity index (χ0v) is 14.5. The van der Waals surface area contributed by atoms with Crippen molar-refractivity contribution in [2.45, 2.75) is 47.1 Å². The van der Waals surface area contributed by atoms with E-state index < -0.39 is 11.9 Å². The molecule has 23 heavy (non-hydrogen) atoms. The summed E-state index contributed by atoms with van der Waals surface area (Å²) in [7, 11) is 0. The highest BCUT2D eigenvalue weighted by atomic mass is 16.5. The van der Waals surface area contributed by atoms with Crippen molar-refractivity contribution in [3.05, 3.63) is 28.8 Å². The molecule has 1 aromatic carbocycles. The standard InChI is InChI=1S/C15H25NO.C2H2O4/c1-6-13(4)16-7-8-17-15-10-11(2)9-12(3)14(15)5;3-1(4)2(5)6/h9-10,13,16H,6-8H2,1-5H3;(H,3,4)(H,5,6). The Hall–Kier alpha value is -2.08. The summed E-state index contributed by atoms with van der Waals surface area (Å²) >= 11 is 0. The summed E-state index contributed by atoms with van der Waals surface area (Å²) < 4.78 is 5.83. The maximum atomic E-state index is 9.10. The molecule has 3 N–H and O–H groups in total. The molecule has 6 heteroatoms. The predicted octanol–water partition coefficient (Wildman–Crippen LogP) is 2.53. The van der Waals surface area contributed by atoms with Crippen molar-refractivity contribution in [3.63, 3.8) is 0 Å². The van der Waals surface area contributed by atoms with E-state index in [-0.39, 0.29) is 0 Å². The molecule has 0 heterocycles. The van der Waals surface area contributed by atoms with Crippen LogP contribution in [-0.4, -0.2) is 41.3 Å². The average molecular weight is 325 g/mol. The van der Waals surface area contributed by atoms with Gasteiger partial charge in [-0.3, -0.25) is 0 Å². The molecule has 0 amide bonds. The second-order valence-corrected chi connectivity index (χ2v) is 5.43. The van der Waals surface area contributed by atoms with Crippen LogP contribution in [-0.2, 0) is 9.59 Å². The normalized spacial score (nSPS) is 11.2. The quantitative estimate of drug-likeness (QED) is 0.549. The summed E-state index contributed by atoms with van der Waals surface area (Å²) in [5, 5.41) is 18.2. The third-order valence-corrected chi connectivity index (χ3v) is 3.41. The summed E-state index contributed by atoms with van der Waals surface area (Å²) in [5.41, 5.74) is 3.81. The number of carbonyl (C=O) groups is 2. The second-order valence-electron chi connectivity index (χ2n) is 5.43. The SMILES string of the molecule is CCC(C)NCCOc1cc(C)cc(C)c1C.O=C(O)C(=O)O. The van der Waals surface area contributed by atoms with Crippen molar-refractivity contribution in [3.8, 4) is 5.75 Å². The number of carboxylic acid groups (broad SMARTS) is 2. The van der Waals surface area contributed by atoms with E-state index in [1.165, 1.54) is 16.7 Å². The van der Waals surface area contributed by atoms with Gasteiger partial charge in [0.25, 0.3) is 0 Å². The topological polar surface area (TPSA) is 95.9 Å². The van der Waals surface area contributed by atoms with Crippen molar-refractivity contribution >= 4 is 11.9 Å². The third-order valence-electron chi connectivity index (χ3n) is 3.41. The van der Waals surface area contributed by atoms with Crippen LogP contribution in [0, 0.1) is 20.8 Å². The maximum Gasteiger partial charge on any atom is 0.414 e. The van der Waals surface area contributed by atoms with Crippen LogP contribution in [0.5, 0.6) is 5.75 Å². The van der Waals surface area contributed by atoms with E-state index in [4.69, 9.17) is 24.5 Å². The van der Waals surface area contributed by atoms with E-state index in [1.54, 1.807) is 0 Å². The first kappa shape index (κ1) is 20.9. The lowest BCUT2D eigenvalue weighted by Gasteiger charge is -2.14. The molecule has 1 unspecified atom stereocenters. The maximum absolute atomic E-state index is 9.10. The third kappa shape index (κ3) is 8.83. The lowest BCUT2D eigenvalue weighted by Crippen LogP contribution is -2.29. The highest BCUT2D eigenvalue weighted by molar-refractivity contribution is 6.27. The molecule has 1 rings (SSSR count). The molecule has 0 saturated carbocycles. The fourth-order valence-electron chi connectivity index (χ4n) is 1.76. The van der Waals surface area contributed by atoms with E-state index in [2.05, 4.69) is 52.1 Å². The van der Waals surface area contributed by atoms with Crippen LogP contribution in [0.1, 0.15) is 37.0 Å². The van der Waals surface area contributed by atoms with Crippen molar-refractivity contribution in [2.24, 2.45) is 0 Å². The molecule has 0 saturated heterocycles. The van der Waals surface area contributed by atoms with Gasteiger partial charge in [0.05, 0.1) is 0 Å². The Morgan fingerprint density at radius 2 is 1.74 bits per heavy atom. The van der Waals surface area contributed by atoms with Gasteiger partial charge in [-0.15, -0.1) is 0 Å². The van der Waals surface area contributed by atoms with Crippen molar-refractivity contribution in [1.82, 2.24) is 5.32 Å². The number of rotatable bonds is 6. The van der Waals surface area contributed by atoms with Crippen LogP contribution < -0.4 is 10.1 Å². The Morgan fingerprint density at radius 1 is 1.17 bits per heavy atom. The molecule has 1 aromatic rings. The monoisotopic (exact) mass is 325 g/mol. The lowest BCUT2D eigenvalue weighted by atomic mass is 10.1. The minimum atomic E-state index is -1.82. The molecule has 0 aliphatic rings. The van der Waals surface area contributed by atoms with Gasteiger partial charge in [0.2, 0.25) is 0 Å². The Labute approximate surface area is 137 Å². The van der Waals surface area contributed by atoms with Crippen LogP contribution in [0.2, 0.25) is 0 Å². The number of hydrogen-bond acceptors (Lipinski definition) is 4. The van der Waals surface area contributed by atoms with Gasteiger partial charge in [0, 0.05) is 12.6 Å². The summed E-state index contributed by atoms with van der Waals surface area (Å²) in [6.07, 6.45) is 1.16. The highest BCUT2D eigenvalue weighted by Gasteiger charge is 2.04. The smallest absolute Gasteiger partial charge is 0.414 e. The average Bonchev–Trinajstić information content (AvgIpc) is 2.48. The summed E-state index contributed by atoms with van der Waals surface area (Å²) in [4.78, 5) is 18.2. The largest absolute Gasteiger partial charge is 0.492 e. The van der Waals surface area contributed by atoms with Crippen LogP contribution in [0.15, 0.2) is 12.1 Å². The van der Waals surface area contributed by atoms with E-state index in [0.717, 1.165) is 25.3 Å². The van der Waals surface area contributed by atoms with E-state index in [9.17, 15) is 0 Å². The number of nitrogens with one attached hydrogen (secondary N) is 1. The number of aliphatic carboxylic acids is 2. The first-order chi connectivity index (χ1) is 10.7. The zero-order chi connectivity index (χ0) is 18.0. The van der Waals surface area contributed by atoms with E-state index in [0.29, 0.717) is 6.04 Å². The Morgan fingerprint density at radius 3 is 2.22 bits per heavy atom. The van der Waals surface area contributed by atoms with Gasteiger partial charge >= 0.3 is 11.9 Å². The highest BCUT2D eigenvalue weighted by Crippen LogP contribution is 2.22. The molecule has 0 aliphatic heterocycles. The number of aryl methyl sites for hydroxylation is 2. The summed E-state index contributed by atoms with van der Waals surface area (Å²) in [6, 6.07) is 4.88. The predicted molar refractivity (Wildman–Crippen MR) is 89.2 cm³/mol. The van der Waals surface area contributed by atoms with Gasteiger partial charge in [0.1, 0.15) is 12.4 Å². The molecule has 0 aromatic heterocycles. The van der Waals surface area contributed by atoms with Crippen molar-refractivity contribution in [1.29, 1.82) is 0 Å². The first-order valence-electron chi connectivity index (χ1n) is 7.59. The fourth-order valence-corrected chi connectivity index (χ4v) is 1.76. The number of carboxylic acids is 2. The number of hydrogen-bond donors (Lipinski definition) is 3. The number of ether oxygens (including phenoxy) is 1. The molecule has 1 atom stereocenters.